The minimum Gasteiger partial charge on any atom is -0.413 e. The molecule has 0 aliphatic carbocycles. The molecule has 0 bridgehead atoms. The first-order valence-corrected chi connectivity index (χ1v) is 1.65. The Bertz CT molecular complexity index is 44.9. The summed E-state index contributed by atoms with van der Waals surface area (Å²) in [5, 5.41) is 2.88. The molecule has 28 valence electrons. The quantitative estimate of drug-likeness (QED) is 0.275. The van der Waals surface area contributed by atoms with Crippen molar-refractivity contribution in [1.82, 2.24) is 5.23 Å². The Morgan fingerprint density at radius 2 is 2.20 bits per heavy atom. The van der Waals surface area contributed by atoms with Gasteiger partial charge in [0.25, 0.3) is 0 Å². The van der Waals surface area contributed by atoms with Crippen molar-refractivity contribution >= 4 is 25.3 Å². The van der Waals surface area contributed by atoms with Gasteiger partial charge >= 0.3 is 0 Å². The van der Waals surface area contributed by atoms with Gasteiger partial charge in [-0.3, -0.25) is 0 Å². The molecule has 0 spiro atoms. The lowest BCUT2D eigenvalue weighted by Gasteiger charge is -1.85. The summed E-state index contributed by atoms with van der Waals surface area (Å²) in [4.78, 5) is 0. The van der Waals surface area contributed by atoms with Crippen LogP contribution in [0.4, 0.5) is 0 Å². The average molecular weight is 87.9 g/mol. The van der Waals surface area contributed by atoms with Crippen molar-refractivity contribution in [3.63, 3.8) is 0 Å². The Morgan fingerprint density at radius 3 is 2.20 bits per heavy atom. The lowest BCUT2D eigenvalue weighted by atomic mass is 10.5. The van der Waals surface area contributed by atoms with E-state index in [-0.39, 0.29) is 0 Å². The fraction of sp³-hybridized carbons (Fsp3) is 0. The van der Waals surface area contributed by atoms with Gasteiger partial charge in [-0.05, 0) is 12.2 Å². The maximum atomic E-state index is 4.91. The third-order valence-electron chi connectivity index (χ3n) is 0.246. The molecule has 0 unspecified atom stereocenters. The van der Waals surface area contributed by atoms with E-state index in [1.165, 1.54) is 0 Å². The minimum absolute atomic E-state index is 0.338. The van der Waals surface area contributed by atoms with Crippen molar-refractivity contribution < 1.29 is 0 Å². The number of rotatable bonds is 0. The molecule has 5 heavy (non-hydrogen) atoms. The van der Waals surface area contributed by atoms with E-state index < -0.39 is 0 Å². The van der Waals surface area contributed by atoms with Crippen LogP contribution in [0.25, 0.3) is 0 Å². The number of nitrogens with one attached hydrogen (secondary N) is 1. The van der Waals surface area contributed by atoms with E-state index in [4.69, 9.17) is 5.73 Å². The lowest BCUT2D eigenvalue weighted by Crippen LogP contribution is -2.25. The summed E-state index contributed by atoms with van der Waals surface area (Å²) in [6.45, 7) is 0. The van der Waals surface area contributed by atoms with Crippen LogP contribution in [0.5, 0.6) is 0 Å². The Labute approximate surface area is 37.2 Å². The maximum Gasteiger partial charge on any atom is 0.216 e. The highest BCUT2D eigenvalue weighted by Crippen LogP contribution is 1.42. The molecular formula is CH5BN2S. The van der Waals surface area contributed by atoms with Crippen LogP contribution < -0.4 is 11.0 Å². The van der Waals surface area contributed by atoms with Gasteiger partial charge in [-0.1, -0.05) is 0 Å². The van der Waals surface area contributed by atoms with Gasteiger partial charge in [-0.25, -0.2) is 0 Å². The number of thiocarbonyl (C=S) groups is 1. The van der Waals surface area contributed by atoms with Crippen molar-refractivity contribution in [2.75, 3.05) is 0 Å². The van der Waals surface area contributed by atoms with Crippen LogP contribution >= 0.6 is 12.2 Å². The first-order chi connectivity index (χ1) is 2.27. The van der Waals surface area contributed by atoms with Gasteiger partial charge in [0.1, 0.15) is 0 Å². The standard InChI is InChI=1S/CH5BN2S/c2-4-1(3)5/h2H2,(H3,3,4,5). The third kappa shape index (κ3) is 3.75. The molecule has 0 amide bonds. The molecular weight excluding hydrogens is 82.9 g/mol. The predicted molar refractivity (Wildman–Crippen MR) is 28.5 cm³/mol. The Balaban J connectivity index is 2.85. The van der Waals surface area contributed by atoms with Crippen LogP contribution in [0.3, 0.4) is 0 Å². The second-order valence-corrected chi connectivity index (χ2v) is 1.05. The molecule has 0 aromatic heterocycles. The molecule has 0 aliphatic rings. The molecule has 3 N–H and O–H groups in total. The molecule has 0 saturated carbocycles. The van der Waals surface area contributed by atoms with Gasteiger partial charge in [-0.15, -0.1) is 0 Å². The fourth-order valence-electron chi connectivity index (χ4n) is 0. The summed E-state index contributed by atoms with van der Waals surface area (Å²) in [6, 6.07) is 0. The molecule has 4 heteroatoms. The first kappa shape index (κ1) is 4.75. The van der Waals surface area contributed by atoms with E-state index in [2.05, 4.69) is 17.4 Å². The first-order valence-electron chi connectivity index (χ1n) is 1.24. The topological polar surface area (TPSA) is 38.0 Å². The van der Waals surface area contributed by atoms with E-state index in [1.807, 2.05) is 0 Å². The van der Waals surface area contributed by atoms with Crippen molar-refractivity contribution in [3.8, 4) is 0 Å². The summed E-state index contributed by atoms with van der Waals surface area (Å²) >= 11 is 4.36. The van der Waals surface area contributed by atoms with Crippen molar-refractivity contribution in [3.05, 3.63) is 0 Å². The van der Waals surface area contributed by atoms with Gasteiger partial charge in [0.15, 0.2) is 5.11 Å². The SMILES string of the molecule is BNC(N)=S. The zero-order valence-electron chi connectivity index (χ0n) is 2.99. The second-order valence-electron chi connectivity index (χ2n) is 0.614. The van der Waals surface area contributed by atoms with Gasteiger partial charge in [0.2, 0.25) is 7.98 Å². The van der Waals surface area contributed by atoms with Crippen molar-refractivity contribution in [1.29, 1.82) is 0 Å². The van der Waals surface area contributed by atoms with Gasteiger partial charge in [0.05, 0.1) is 0 Å². The molecule has 0 atom stereocenters. The molecule has 0 aromatic carbocycles. The largest absolute Gasteiger partial charge is 0.413 e. The van der Waals surface area contributed by atoms with E-state index >= 15 is 0 Å². The Morgan fingerprint density at radius 1 is 2.00 bits per heavy atom. The number of nitrogens with two attached hydrogens (primary N) is 1. The van der Waals surface area contributed by atoms with Gasteiger partial charge < -0.3 is 11.0 Å². The van der Waals surface area contributed by atoms with E-state index in [9.17, 15) is 0 Å². The van der Waals surface area contributed by atoms with Crippen LogP contribution in [0.2, 0.25) is 0 Å². The van der Waals surface area contributed by atoms with Crippen LogP contribution in [-0.4, -0.2) is 13.1 Å². The van der Waals surface area contributed by atoms with E-state index in [1.54, 1.807) is 7.98 Å². The zero-order valence-corrected chi connectivity index (χ0v) is 3.80. The summed E-state index contributed by atoms with van der Waals surface area (Å²) in [6.07, 6.45) is 0. The van der Waals surface area contributed by atoms with Gasteiger partial charge in [-0.2, -0.15) is 0 Å². The smallest absolute Gasteiger partial charge is 0.216 e. The van der Waals surface area contributed by atoms with Crippen LogP contribution in [0.1, 0.15) is 0 Å². The molecule has 0 rings (SSSR count). The van der Waals surface area contributed by atoms with Gasteiger partial charge in [0, 0.05) is 0 Å². The zero-order chi connectivity index (χ0) is 4.28. The molecule has 0 aromatic rings. The van der Waals surface area contributed by atoms with Crippen molar-refractivity contribution in [2.45, 2.75) is 0 Å². The highest BCUT2D eigenvalue weighted by atomic mass is 32.1. The Hall–Kier alpha value is -0.245. The highest BCUT2D eigenvalue weighted by Gasteiger charge is 1.66. The summed E-state index contributed by atoms with van der Waals surface area (Å²) in [5.41, 5.74) is 4.91. The van der Waals surface area contributed by atoms with Crippen LogP contribution in [0.15, 0.2) is 0 Å². The maximum absolute atomic E-state index is 4.91. The molecule has 0 heterocycles. The predicted octanol–water partition coefficient (Wildman–Crippen LogP) is -1.63. The average Bonchev–Trinajstić information content (AvgIpc) is 1.38. The molecule has 0 saturated heterocycles. The van der Waals surface area contributed by atoms with E-state index in [0.717, 1.165) is 0 Å². The lowest BCUT2D eigenvalue weighted by molar-refractivity contribution is 1.48. The number of hydrogen-bond acceptors (Lipinski definition) is 1. The molecule has 0 radical (unpaired) electrons. The fourth-order valence-corrected chi connectivity index (χ4v) is 0. The summed E-state index contributed by atoms with van der Waals surface area (Å²) in [7, 11) is 1.68. The Kier molecular flexibility index (Phi) is 1.92. The van der Waals surface area contributed by atoms with Crippen LogP contribution in [-0.2, 0) is 0 Å². The van der Waals surface area contributed by atoms with E-state index in [0.29, 0.717) is 5.11 Å². The highest BCUT2D eigenvalue weighted by molar-refractivity contribution is 7.80. The summed E-state index contributed by atoms with van der Waals surface area (Å²) in [5.74, 6) is 0. The second kappa shape index (κ2) is 2.02. The summed E-state index contributed by atoms with van der Waals surface area (Å²) < 4.78 is 0. The molecule has 2 nitrogen and oxygen atoms in total. The molecule has 0 aliphatic heterocycles. The third-order valence-corrected chi connectivity index (χ3v) is 0.451. The normalized spacial score (nSPS) is 6.40. The van der Waals surface area contributed by atoms with Crippen LogP contribution in [0, 0.1) is 0 Å². The van der Waals surface area contributed by atoms with Crippen molar-refractivity contribution in [2.24, 2.45) is 5.73 Å². The monoisotopic (exact) mass is 88.0 g/mol. The number of hydrogen-bond donors (Lipinski definition) is 2. The molecule has 0 fully saturated rings. The minimum atomic E-state index is 0.338.